The van der Waals surface area contributed by atoms with Crippen LogP contribution in [-0.2, 0) is 26.3 Å². The summed E-state index contributed by atoms with van der Waals surface area (Å²) in [6.07, 6.45) is -3.15. The van der Waals surface area contributed by atoms with Gasteiger partial charge in [-0.3, -0.25) is 9.67 Å². The number of halogens is 5. The maximum Gasteiger partial charge on any atom is 0.435 e. The van der Waals surface area contributed by atoms with Crippen LogP contribution in [0.25, 0.3) is 0 Å². The molecular weight excluding hydrogens is 482 g/mol. The summed E-state index contributed by atoms with van der Waals surface area (Å²) in [5, 5.41) is 7.04. The molecule has 5 nitrogen and oxygen atoms in total. The molecule has 0 unspecified atom stereocenters. The average molecular weight is 502 g/mol. The molecule has 144 valence electrons. The minimum absolute atomic E-state index is 0. The van der Waals surface area contributed by atoms with E-state index in [1.54, 1.807) is 25.1 Å². The maximum atomic E-state index is 13.0. The van der Waals surface area contributed by atoms with Gasteiger partial charge in [0.15, 0.2) is 11.7 Å². The predicted molar refractivity (Wildman–Crippen MR) is 107 cm³/mol. The average Bonchev–Trinajstić information content (AvgIpc) is 2.91. The Balaban J connectivity index is 0.00000338. The van der Waals surface area contributed by atoms with Crippen LogP contribution in [-0.4, -0.2) is 34.7 Å². The number of benzene rings is 1. The molecular formula is C16H20ClF3IN5. The first-order valence-electron chi connectivity index (χ1n) is 7.47. The van der Waals surface area contributed by atoms with Gasteiger partial charge in [-0.05, 0) is 11.6 Å². The van der Waals surface area contributed by atoms with E-state index in [0.717, 1.165) is 10.2 Å². The van der Waals surface area contributed by atoms with E-state index < -0.39 is 11.9 Å². The summed E-state index contributed by atoms with van der Waals surface area (Å²) in [5.74, 6) is 0.455. The van der Waals surface area contributed by atoms with E-state index in [0.29, 0.717) is 17.5 Å². The van der Waals surface area contributed by atoms with Gasteiger partial charge < -0.3 is 10.2 Å². The Morgan fingerprint density at radius 3 is 2.54 bits per heavy atom. The van der Waals surface area contributed by atoms with Gasteiger partial charge in [0.2, 0.25) is 0 Å². The Morgan fingerprint density at radius 1 is 1.31 bits per heavy atom. The number of nitrogens with one attached hydrogen (secondary N) is 1. The molecule has 2 rings (SSSR count). The van der Waals surface area contributed by atoms with Crippen molar-refractivity contribution in [3.63, 3.8) is 0 Å². The van der Waals surface area contributed by atoms with E-state index in [1.807, 2.05) is 18.2 Å². The highest BCUT2D eigenvalue weighted by molar-refractivity contribution is 14.0. The van der Waals surface area contributed by atoms with Crippen LogP contribution in [0.1, 0.15) is 16.8 Å². The van der Waals surface area contributed by atoms with Crippen molar-refractivity contribution < 1.29 is 13.2 Å². The van der Waals surface area contributed by atoms with Gasteiger partial charge in [0.05, 0.1) is 0 Å². The summed E-state index contributed by atoms with van der Waals surface area (Å²) in [6.45, 7) is 0.431. The van der Waals surface area contributed by atoms with E-state index in [1.165, 1.54) is 13.2 Å². The summed E-state index contributed by atoms with van der Waals surface area (Å²) < 4.78 is 40.1. The number of alkyl halides is 3. The first-order valence-corrected chi connectivity index (χ1v) is 7.85. The molecule has 0 saturated carbocycles. The second-order valence-corrected chi connectivity index (χ2v) is 5.93. The lowest BCUT2D eigenvalue weighted by Gasteiger charge is -2.22. The molecule has 1 heterocycles. The molecule has 0 bridgehead atoms. The van der Waals surface area contributed by atoms with E-state index >= 15 is 0 Å². The molecule has 0 aliphatic heterocycles. The van der Waals surface area contributed by atoms with Crippen molar-refractivity contribution in [3.8, 4) is 0 Å². The molecule has 0 fully saturated rings. The summed E-state index contributed by atoms with van der Waals surface area (Å²) in [6, 6.07) is 7.37. The monoisotopic (exact) mass is 501 g/mol. The zero-order chi connectivity index (χ0) is 18.6. The molecule has 0 amide bonds. The Morgan fingerprint density at radius 2 is 1.96 bits per heavy atom. The normalized spacial score (nSPS) is 11.9. The first kappa shape index (κ1) is 22.6. The minimum atomic E-state index is -4.49. The smallest absolute Gasteiger partial charge is 0.352 e. The number of rotatable bonds is 4. The molecule has 1 aromatic carbocycles. The lowest BCUT2D eigenvalue weighted by Crippen LogP contribution is -2.38. The number of aryl methyl sites for hydroxylation is 1. The van der Waals surface area contributed by atoms with Gasteiger partial charge >= 0.3 is 6.18 Å². The van der Waals surface area contributed by atoms with Crippen LogP contribution in [0.3, 0.4) is 0 Å². The molecule has 0 saturated heterocycles. The summed E-state index contributed by atoms with van der Waals surface area (Å²) in [4.78, 5) is 5.89. The van der Waals surface area contributed by atoms with Crippen molar-refractivity contribution >= 4 is 41.5 Å². The lowest BCUT2D eigenvalue weighted by atomic mass is 10.2. The van der Waals surface area contributed by atoms with Gasteiger partial charge in [-0.2, -0.15) is 18.3 Å². The lowest BCUT2D eigenvalue weighted by molar-refractivity contribution is -0.142. The van der Waals surface area contributed by atoms with Crippen molar-refractivity contribution in [3.05, 3.63) is 52.3 Å². The molecule has 26 heavy (non-hydrogen) atoms. The van der Waals surface area contributed by atoms with Gasteiger partial charge in [-0.15, -0.1) is 24.0 Å². The van der Waals surface area contributed by atoms with Gasteiger partial charge in [0, 0.05) is 51.0 Å². The maximum absolute atomic E-state index is 13.0. The fraction of sp³-hybridized carbons (Fsp3) is 0.375. The fourth-order valence-corrected chi connectivity index (χ4v) is 2.62. The highest BCUT2D eigenvalue weighted by Gasteiger charge is 2.36. The van der Waals surface area contributed by atoms with Gasteiger partial charge in [0.1, 0.15) is 0 Å². The number of aromatic nitrogens is 2. The van der Waals surface area contributed by atoms with Crippen molar-refractivity contribution in [2.45, 2.75) is 19.3 Å². The van der Waals surface area contributed by atoms with E-state index in [-0.39, 0.29) is 36.1 Å². The third-order valence-electron chi connectivity index (χ3n) is 3.55. The third-order valence-corrected chi connectivity index (χ3v) is 3.92. The Labute approximate surface area is 172 Å². The highest BCUT2D eigenvalue weighted by atomic mass is 127. The van der Waals surface area contributed by atoms with E-state index in [2.05, 4.69) is 15.4 Å². The van der Waals surface area contributed by atoms with Crippen LogP contribution in [0.5, 0.6) is 0 Å². The summed E-state index contributed by atoms with van der Waals surface area (Å²) in [7, 11) is 4.81. The van der Waals surface area contributed by atoms with Crippen molar-refractivity contribution in [2.75, 3.05) is 14.1 Å². The number of nitrogens with zero attached hydrogens (tertiary/aromatic N) is 4. The SMILES string of the molecule is CN=C(NCc1cn(C)nc1C(F)(F)F)N(C)Cc1ccccc1Cl.I. The summed E-state index contributed by atoms with van der Waals surface area (Å²) in [5.41, 5.74) is 0.0565. The predicted octanol–water partition coefficient (Wildman–Crippen LogP) is 3.92. The van der Waals surface area contributed by atoms with Crippen LogP contribution in [0.15, 0.2) is 35.5 Å². The highest BCUT2D eigenvalue weighted by Crippen LogP contribution is 2.30. The second kappa shape index (κ2) is 9.45. The largest absolute Gasteiger partial charge is 0.435 e. The molecule has 0 aliphatic carbocycles. The van der Waals surface area contributed by atoms with Gasteiger partial charge in [-0.25, -0.2) is 0 Å². The molecule has 0 spiro atoms. The molecule has 0 atom stereocenters. The molecule has 0 radical (unpaired) electrons. The van der Waals surface area contributed by atoms with Crippen molar-refractivity contribution in [1.29, 1.82) is 0 Å². The number of hydrogen-bond acceptors (Lipinski definition) is 2. The van der Waals surface area contributed by atoms with Crippen LogP contribution >= 0.6 is 35.6 Å². The zero-order valence-corrected chi connectivity index (χ0v) is 17.6. The van der Waals surface area contributed by atoms with Crippen molar-refractivity contribution in [2.24, 2.45) is 12.0 Å². The van der Waals surface area contributed by atoms with Crippen LogP contribution in [0, 0.1) is 0 Å². The van der Waals surface area contributed by atoms with Crippen LogP contribution in [0.4, 0.5) is 13.2 Å². The third kappa shape index (κ3) is 5.76. The number of aliphatic imine (C=N–C) groups is 1. The van der Waals surface area contributed by atoms with Crippen LogP contribution < -0.4 is 5.32 Å². The standard InChI is InChI=1S/C16H19ClF3N5.HI/c1-21-15(24(2)9-11-6-4-5-7-13(11)17)22-8-12-10-25(3)23-14(12)16(18,19)20;/h4-7,10H,8-9H2,1-3H3,(H,21,22);1H. The quantitative estimate of drug-likeness (QED) is 0.393. The molecule has 1 aromatic heterocycles. The molecule has 1 N–H and O–H groups in total. The minimum Gasteiger partial charge on any atom is -0.352 e. The topological polar surface area (TPSA) is 45.5 Å². The second-order valence-electron chi connectivity index (χ2n) is 5.52. The van der Waals surface area contributed by atoms with Gasteiger partial charge in [-0.1, -0.05) is 29.8 Å². The molecule has 0 aliphatic rings. The first-order chi connectivity index (χ1) is 11.7. The number of guanidine groups is 1. The van der Waals surface area contributed by atoms with Crippen LogP contribution in [0.2, 0.25) is 5.02 Å². The Bertz CT molecular complexity index is 761. The number of hydrogen-bond donors (Lipinski definition) is 1. The van der Waals surface area contributed by atoms with Gasteiger partial charge in [0.25, 0.3) is 0 Å². The molecule has 10 heteroatoms. The van der Waals surface area contributed by atoms with Crippen molar-refractivity contribution in [1.82, 2.24) is 20.0 Å². The molecule has 2 aromatic rings. The zero-order valence-electron chi connectivity index (χ0n) is 14.5. The Kier molecular flexibility index (Phi) is 8.19. The van der Waals surface area contributed by atoms with E-state index in [9.17, 15) is 13.2 Å². The fourth-order valence-electron chi connectivity index (χ4n) is 2.42. The summed E-state index contributed by atoms with van der Waals surface area (Å²) >= 11 is 6.14. The van der Waals surface area contributed by atoms with E-state index in [4.69, 9.17) is 11.6 Å². The Hall–Kier alpha value is -1.49.